The lowest BCUT2D eigenvalue weighted by Gasteiger charge is -2.06. The van der Waals surface area contributed by atoms with Crippen molar-refractivity contribution < 1.29 is 9.53 Å². The standard InChI is InChI=1S/C13H12NO2P/c15-9-14-10-1-3-11(4-2-10)16-12-5-7-13(17)8-6-12/h1-9H,17H2,(H,14,15). The molecular weight excluding hydrogens is 233 g/mol. The molecule has 0 fully saturated rings. The van der Waals surface area contributed by atoms with Gasteiger partial charge in [0.15, 0.2) is 0 Å². The fraction of sp³-hybridized carbons (Fsp3) is 0. The Kier molecular flexibility index (Phi) is 3.73. The largest absolute Gasteiger partial charge is 0.457 e. The highest BCUT2D eigenvalue weighted by Crippen LogP contribution is 2.22. The molecule has 0 aliphatic heterocycles. The third-order valence-corrected chi connectivity index (χ3v) is 2.58. The Labute approximate surface area is 102 Å². The minimum Gasteiger partial charge on any atom is -0.457 e. The molecule has 0 aromatic heterocycles. The summed E-state index contributed by atoms with van der Waals surface area (Å²) in [5.41, 5.74) is 0.743. The number of hydrogen-bond acceptors (Lipinski definition) is 2. The van der Waals surface area contributed by atoms with Gasteiger partial charge in [0.25, 0.3) is 0 Å². The zero-order valence-corrected chi connectivity index (χ0v) is 10.2. The second-order valence-electron chi connectivity index (χ2n) is 3.46. The average Bonchev–Trinajstić information content (AvgIpc) is 2.35. The van der Waals surface area contributed by atoms with Crippen LogP contribution in [-0.2, 0) is 4.79 Å². The Hall–Kier alpha value is -1.86. The summed E-state index contributed by atoms with van der Waals surface area (Å²) >= 11 is 0. The predicted octanol–water partition coefficient (Wildman–Crippen LogP) is 2.55. The van der Waals surface area contributed by atoms with Crippen molar-refractivity contribution in [2.45, 2.75) is 0 Å². The second-order valence-corrected chi connectivity index (χ2v) is 4.12. The van der Waals surface area contributed by atoms with Crippen LogP contribution in [-0.4, -0.2) is 6.41 Å². The monoisotopic (exact) mass is 245 g/mol. The summed E-state index contributed by atoms with van der Waals surface area (Å²) in [5.74, 6) is 1.52. The number of rotatable bonds is 4. The fourth-order valence-electron chi connectivity index (χ4n) is 1.36. The van der Waals surface area contributed by atoms with Crippen molar-refractivity contribution in [1.29, 1.82) is 0 Å². The van der Waals surface area contributed by atoms with Gasteiger partial charge in [-0.25, -0.2) is 0 Å². The Morgan fingerprint density at radius 1 is 0.941 bits per heavy atom. The van der Waals surface area contributed by atoms with Gasteiger partial charge in [0.2, 0.25) is 6.41 Å². The molecule has 0 saturated carbocycles. The molecule has 1 N–H and O–H groups in total. The summed E-state index contributed by atoms with van der Waals surface area (Å²) in [6, 6.07) is 14.9. The van der Waals surface area contributed by atoms with Gasteiger partial charge in [-0.05, 0) is 41.7 Å². The smallest absolute Gasteiger partial charge is 0.211 e. The molecule has 2 rings (SSSR count). The highest BCUT2D eigenvalue weighted by atomic mass is 31.0. The topological polar surface area (TPSA) is 38.3 Å². The summed E-state index contributed by atoms with van der Waals surface area (Å²) in [4.78, 5) is 10.2. The Balaban J connectivity index is 2.08. The van der Waals surface area contributed by atoms with Crippen molar-refractivity contribution in [2.75, 3.05) is 5.32 Å². The fourth-order valence-corrected chi connectivity index (χ4v) is 1.55. The molecular formula is C13H12NO2P. The molecule has 1 amide bonds. The quantitative estimate of drug-likeness (QED) is 0.664. The summed E-state index contributed by atoms with van der Waals surface area (Å²) in [6.07, 6.45) is 0.646. The predicted molar refractivity (Wildman–Crippen MR) is 72.0 cm³/mol. The van der Waals surface area contributed by atoms with Gasteiger partial charge in [-0.15, -0.1) is 9.24 Å². The Morgan fingerprint density at radius 3 is 2.00 bits per heavy atom. The highest BCUT2D eigenvalue weighted by molar-refractivity contribution is 7.27. The first-order valence-electron chi connectivity index (χ1n) is 5.11. The average molecular weight is 245 g/mol. The van der Waals surface area contributed by atoms with Crippen LogP contribution in [0.4, 0.5) is 5.69 Å². The van der Waals surface area contributed by atoms with Crippen LogP contribution in [0.3, 0.4) is 0 Å². The van der Waals surface area contributed by atoms with Crippen molar-refractivity contribution >= 4 is 26.6 Å². The van der Waals surface area contributed by atoms with Crippen molar-refractivity contribution in [3.63, 3.8) is 0 Å². The van der Waals surface area contributed by atoms with Crippen LogP contribution in [0.15, 0.2) is 48.5 Å². The van der Waals surface area contributed by atoms with Gasteiger partial charge in [-0.3, -0.25) is 4.79 Å². The van der Waals surface area contributed by atoms with Gasteiger partial charge in [-0.1, -0.05) is 12.1 Å². The van der Waals surface area contributed by atoms with E-state index in [1.54, 1.807) is 24.3 Å². The minimum absolute atomic E-state index is 0.646. The van der Waals surface area contributed by atoms with Gasteiger partial charge in [0.05, 0.1) is 0 Å². The molecule has 4 heteroatoms. The summed E-state index contributed by atoms with van der Waals surface area (Å²) < 4.78 is 5.64. The van der Waals surface area contributed by atoms with Gasteiger partial charge < -0.3 is 10.1 Å². The van der Waals surface area contributed by atoms with Crippen molar-refractivity contribution in [3.8, 4) is 11.5 Å². The van der Waals surface area contributed by atoms with Crippen molar-refractivity contribution in [1.82, 2.24) is 0 Å². The lowest BCUT2D eigenvalue weighted by molar-refractivity contribution is -0.105. The lowest BCUT2D eigenvalue weighted by Crippen LogP contribution is -1.93. The highest BCUT2D eigenvalue weighted by Gasteiger charge is 1.97. The summed E-state index contributed by atoms with van der Waals surface area (Å²) in [7, 11) is 2.62. The van der Waals surface area contributed by atoms with E-state index in [1.807, 2.05) is 24.3 Å². The van der Waals surface area contributed by atoms with E-state index in [-0.39, 0.29) is 0 Å². The molecule has 86 valence electrons. The molecule has 0 aliphatic carbocycles. The molecule has 0 radical (unpaired) electrons. The molecule has 0 saturated heterocycles. The maximum absolute atomic E-state index is 10.2. The Bertz CT molecular complexity index is 494. The Morgan fingerprint density at radius 2 is 1.47 bits per heavy atom. The molecule has 1 atom stereocenters. The normalized spacial score (nSPS) is 9.71. The molecule has 2 aromatic rings. The van der Waals surface area contributed by atoms with E-state index >= 15 is 0 Å². The molecule has 17 heavy (non-hydrogen) atoms. The number of carbonyl (C=O) groups excluding carboxylic acids is 1. The minimum atomic E-state index is 0.646. The first-order valence-corrected chi connectivity index (χ1v) is 5.69. The number of anilines is 1. The third kappa shape index (κ3) is 3.30. The van der Waals surface area contributed by atoms with Crippen LogP contribution in [0.25, 0.3) is 0 Å². The summed E-state index contributed by atoms with van der Waals surface area (Å²) in [6.45, 7) is 0. The molecule has 0 heterocycles. The zero-order valence-electron chi connectivity index (χ0n) is 9.09. The number of benzene rings is 2. The number of hydrogen-bond donors (Lipinski definition) is 1. The molecule has 1 unspecified atom stereocenters. The maximum atomic E-state index is 10.2. The van der Waals surface area contributed by atoms with E-state index in [1.165, 1.54) is 0 Å². The van der Waals surface area contributed by atoms with Crippen molar-refractivity contribution in [2.24, 2.45) is 0 Å². The van der Waals surface area contributed by atoms with Crippen LogP contribution in [0.5, 0.6) is 11.5 Å². The number of nitrogens with one attached hydrogen (secondary N) is 1. The van der Waals surface area contributed by atoms with Crippen LogP contribution in [0.2, 0.25) is 0 Å². The van der Waals surface area contributed by atoms with E-state index in [4.69, 9.17) is 4.74 Å². The van der Waals surface area contributed by atoms with Gasteiger partial charge in [0, 0.05) is 5.69 Å². The van der Waals surface area contributed by atoms with E-state index < -0.39 is 0 Å². The van der Waals surface area contributed by atoms with E-state index in [0.29, 0.717) is 6.41 Å². The van der Waals surface area contributed by atoms with Crippen LogP contribution in [0.1, 0.15) is 0 Å². The lowest BCUT2D eigenvalue weighted by atomic mass is 10.3. The van der Waals surface area contributed by atoms with Crippen LogP contribution >= 0.6 is 9.24 Å². The second kappa shape index (κ2) is 5.46. The first kappa shape index (κ1) is 11.6. The summed E-state index contributed by atoms with van der Waals surface area (Å²) in [5, 5.41) is 3.68. The van der Waals surface area contributed by atoms with E-state index in [0.717, 1.165) is 22.5 Å². The maximum Gasteiger partial charge on any atom is 0.211 e. The number of ether oxygens (including phenoxy) is 1. The van der Waals surface area contributed by atoms with Crippen molar-refractivity contribution in [3.05, 3.63) is 48.5 Å². The van der Waals surface area contributed by atoms with E-state index in [9.17, 15) is 4.79 Å². The van der Waals surface area contributed by atoms with Crippen LogP contribution < -0.4 is 15.4 Å². The molecule has 0 bridgehead atoms. The van der Waals surface area contributed by atoms with Gasteiger partial charge in [0.1, 0.15) is 11.5 Å². The van der Waals surface area contributed by atoms with Crippen LogP contribution in [0, 0.1) is 0 Å². The van der Waals surface area contributed by atoms with Gasteiger partial charge >= 0.3 is 0 Å². The molecule has 0 spiro atoms. The first-order chi connectivity index (χ1) is 8.28. The SMILES string of the molecule is O=CNc1ccc(Oc2ccc(P)cc2)cc1. The van der Waals surface area contributed by atoms with Gasteiger partial charge in [-0.2, -0.15) is 0 Å². The molecule has 0 aliphatic rings. The molecule has 2 aromatic carbocycles. The number of carbonyl (C=O) groups is 1. The third-order valence-electron chi connectivity index (χ3n) is 2.20. The zero-order chi connectivity index (χ0) is 12.1. The number of amides is 1. The molecule has 3 nitrogen and oxygen atoms in total. The van der Waals surface area contributed by atoms with E-state index in [2.05, 4.69) is 14.6 Å².